The zero-order valence-electron chi connectivity index (χ0n) is 11.5. The van der Waals surface area contributed by atoms with Gasteiger partial charge >= 0.3 is 5.97 Å². The summed E-state index contributed by atoms with van der Waals surface area (Å²) in [5.41, 5.74) is 1.84. The number of thioether (sulfide) groups is 1. The van der Waals surface area contributed by atoms with Crippen LogP contribution in [0.15, 0.2) is 18.2 Å². The summed E-state index contributed by atoms with van der Waals surface area (Å²) in [6, 6.07) is 4.88. The number of aryl methyl sites for hydroxylation is 1. The van der Waals surface area contributed by atoms with Gasteiger partial charge in [-0.1, -0.05) is 12.1 Å². The van der Waals surface area contributed by atoms with Gasteiger partial charge in [-0.15, -0.1) is 11.8 Å². The molecule has 2 rings (SSSR count). The van der Waals surface area contributed by atoms with E-state index in [2.05, 4.69) is 0 Å². The van der Waals surface area contributed by atoms with E-state index in [-0.39, 0.29) is 12.3 Å². The van der Waals surface area contributed by atoms with Crippen LogP contribution in [0.4, 0.5) is 0 Å². The first kappa shape index (κ1) is 14.7. The highest BCUT2D eigenvalue weighted by molar-refractivity contribution is 7.99. The zero-order chi connectivity index (χ0) is 14.7. The summed E-state index contributed by atoms with van der Waals surface area (Å²) in [4.78, 5) is 24.7. The number of hydrogen-bond acceptors (Lipinski definition) is 4. The smallest absolute Gasteiger partial charge is 0.327 e. The van der Waals surface area contributed by atoms with Gasteiger partial charge < -0.3 is 14.7 Å². The predicted octanol–water partition coefficient (Wildman–Crippen LogP) is 1.53. The molecule has 0 aromatic heterocycles. The largest absolute Gasteiger partial charge is 0.496 e. The van der Waals surface area contributed by atoms with Crippen molar-refractivity contribution < 1.29 is 19.4 Å². The third-order valence-corrected chi connectivity index (χ3v) is 4.33. The fourth-order valence-corrected chi connectivity index (χ4v) is 3.32. The van der Waals surface area contributed by atoms with E-state index in [1.807, 2.05) is 25.1 Å². The second kappa shape index (κ2) is 6.17. The van der Waals surface area contributed by atoms with Gasteiger partial charge in [0.2, 0.25) is 5.91 Å². The molecule has 0 spiro atoms. The van der Waals surface area contributed by atoms with Gasteiger partial charge in [-0.05, 0) is 24.1 Å². The number of hydrogen-bond donors (Lipinski definition) is 1. The van der Waals surface area contributed by atoms with Crippen LogP contribution in [0, 0.1) is 6.92 Å². The van der Waals surface area contributed by atoms with E-state index in [1.165, 1.54) is 16.7 Å². The quantitative estimate of drug-likeness (QED) is 0.912. The molecule has 0 aliphatic carbocycles. The van der Waals surface area contributed by atoms with Gasteiger partial charge in [-0.2, -0.15) is 0 Å². The maximum atomic E-state index is 12.2. The minimum absolute atomic E-state index is 0.159. The number of ether oxygens (including phenoxy) is 1. The highest BCUT2D eigenvalue weighted by atomic mass is 32.2. The maximum Gasteiger partial charge on any atom is 0.327 e. The molecule has 1 atom stereocenters. The van der Waals surface area contributed by atoms with Crippen molar-refractivity contribution >= 4 is 23.6 Å². The third kappa shape index (κ3) is 3.07. The van der Waals surface area contributed by atoms with E-state index in [4.69, 9.17) is 9.84 Å². The lowest BCUT2D eigenvalue weighted by Gasteiger charge is -2.20. The zero-order valence-corrected chi connectivity index (χ0v) is 12.3. The maximum absolute atomic E-state index is 12.2. The average molecular weight is 295 g/mol. The first-order valence-corrected chi connectivity index (χ1v) is 7.42. The van der Waals surface area contributed by atoms with Crippen molar-refractivity contribution in [2.45, 2.75) is 19.4 Å². The molecule has 5 nitrogen and oxygen atoms in total. The van der Waals surface area contributed by atoms with Crippen molar-refractivity contribution in [2.24, 2.45) is 0 Å². The molecule has 1 heterocycles. The molecule has 20 heavy (non-hydrogen) atoms. The molecule has 6 heteroatoms. The summed E-state index contributed by atoms with van der Waals surface area (Å²) in [7, 11) is 1.59. The average Bonchev–Trinajstić information content (AvgIpc) is 2.90. The summed E-state index contributed by atoms with van der Waals surface area (Å²) >= 11 is 1.47. The molecule has 1 aliphatic heterocycles. The topological polar surface area (TPSA) is 66.8 Å². The predicted molar refractivity (Wildman–Crippen MR) is 77.0 cm³/mol. The number of carbonyl (C=O) groups excluding carboxylic acids is 1. The SMILES string of the molecule is COc1cc(CC(=O)N2CSC[C@H]2C(=O)O)ccc1C. The number of carbonyl (C=O) groups is 2. The van der Waals surface area contributed by atoms with Crippen LogP contribution in [0.25, 0.3) is 0 Å². The van der Waals surface area contributed by atoms with Crippen molar-refractivity contribution in [3.8, 4) is 5.75 Å². The monoisotopic (exact) mass is 295 g/mol. The van der Waals surface area contributed by atoms with Crippen LogP contribution in [0.2, 0.25) is 0 Å². The number of aliphatic carboxylic acids is 1. The number of carboxylic acids is 1. The van der Waals surface area contributed by atoms with Crippen LogP contribution >= 0.6 is 11.8 Å². The number of methoxy groups -OCH3 is 1. The first-order chi connectivity index (χ1) is 9.52. The lowest BCUT2D eigenvalue weighted by Crippen LogP contribution is -2.42. The van der Waals surface area contributed by atoms with Gasteiger partial charge in [0.1, 0.15) is 11.8 Å². The van der Waals surface area contributed by atoms with Gasteiger partial charge in [0, 0.05) is 5.75 Å². The van der Waals surface area contributed by atoms with Gasteiger partial charge in [-0.3, -0.25) is 4.79 Å². The number of rotatable bonds is 4. The Morgan fingerprint density at radius 3 is 2.90 bits per heavy atom. The fraction of sp³-hybridized carbons (Fsp3) is 0.429. The fourth-order valence-electron chi connectivity index (χ4n) is 2.14. The van der Waals surface area contributed by atoms with E-state index in [1.54, 1.807) is 7.11 Å². The van der Waals surface area contributed by atoms with Crippen molar-refractivity contribution in [2.75, 3.05) is 18.7 Å². The standard InChI is InChI=1S/C14H17NO4S/c1-9-3-4-10(5-12(9)19-2)6-13(16)15-8-20-7-11(15)14(17)18/h3-5,11H,6-8H2,1-2H3,(H,17,18)/t11-/m0/s1. The Morgan fingerprint density at radius 1 is 1.50 bits per heavy atom. The molecule has 1 aliphatic rings. The lowest BCUT2D eigenvalue weighted by molar-refractivity contribution is -0.147. The summed E-state index contributed by atoms with van der Waals surface area (Å²) in [5, 5.41) is 9.09. The Balaban J connectivity index is 2.09. The molecule has 0 unspecified atom stereocenters. The number of nitrogens with zero attached hydrogens (tertiary/aromatic N) is 1. The van der Waals surface area contributed by atoms with Crippen LogP contribution in [0.3, 0.4) is 0 Å². The van der Waals surface area contributed by atoms with Gasteiger partial charge in [0.15, 0.2) is 0 Å². The Kier molecular flexibility index (Phi) is 4.54. The second-order valence-corrected chi connectivity index (χ2v) is 5.70. The molecule has 1 aromatic carbocycles. The molecule has 108 valence electrons. The van der Waals surface area contributed by atoms with Crippen LogP contribution in [0.5, 0.6) is 5.75 Å². The van der Waals surface area contributed by atoms with Gasteiger partial charge in [0.25, 0.3) is 0 Å². The molecule has 1 fully saturated rings. The van der Waals surface area contributed by atoms with Crippen molar-refractivity contribution in [1.82, 2.24) is 4.90 Å². The Hall–Kier alpha value is -1.69. The van der Waals surface area contributed by atoms with E-state index in [0.717, 1.165) is 16.9 Å². The van der Waals surface area contributed by atoms with E-state index in [9.17, 15) is 9.59 Å². The van der Waals surface area contributed by atoms with Crippen molar-refractivity contribution in [3.05, 3.63) is 29.3 Å². The molecule has 1 aromatic rings. The van der Waals surface area contributed by atoms with Crippen LogP contribution in [-0.4, -0.2) is 46.7 Å². The summed E-state index contributed by atoms with van der Waals surface area (Å²) in [6.07, 6.45) is 0.195. The Bertz CT molecular complexity index is 532. The molecule has 0 radical (unpaired) electrons. The summed E-state index contributed by atoms with van der Waals surface area (Å²) in [5.74, 6) is 0.538. The second-order valence-electron chi connectivity index (χ2n) is 4.70. The molecular weight excluding hydrogens is 278 g/mol. The highest BCUT2D eigenvalue weighted by Crippen LogP contribution is 2.24. The summed E-state index contributed by atoms with van der Waals surface area (Å²) < 4.78 is 5.23. The molecular formula is C14H17NO4S. The number of amides is 1. The Labute approximate surface area is 121 Å². The molecule has 1 saturated heterocycles. The van der Waals surface area contributed by atoms with Crippen LogP contribution in [0.1, 0.15) is 11.1 Å². The minimum atomic E-state index is -0.940. The van der Waals surface area contributed by atoms with E-state index >= 15 is 0 Å². The molecule has 0 bridgehead atoms. The van der Waals surface area contributed by atoms with Crippen molar-refractivity contribution in [3.63, 3.8) is 0 Å². The van der Waals surface area contributed by atoms with E-state index in [0.29, 0.717) is 11.6 Å². The normalized spacial score (nSPS) is 18.1. The van der Waals surface area contributed by atoms with Gasteiger partial charge in [-0.25, -0.2) is 4.79 Å². The number of carboxylic acid groups (broad SMARTS) is 1. The Morgan fingerprint density at radius 2 is 2.25 bits per heavy atom. The molecule has 0 saturated carbocycles. The van der Waals surface area contributed by atoms with Crippen LogP contribution in [-0.2, 0) is 16.0 Å². The van der Waals surface area contributed by atoms with Crippen molar-refractivity contribution in [1.29, 1.82) is 0 Å². The van der Waals surface area contributed by atoms with Gasteiger partial charge in [0.05, 0.1) is 19.4 Å². The minimum Gasteiger partial charge on any atom is -0.496 e. The summed E-state index contributed by atoms with van der Waals surface area (Å²) in [6.45, 7) is 1.93. The molecule has 1 N–H and O–H groups in total. The molecule has 1 amide bonds. The first-order valence-electron chi connectivity index (χ1n) is 6.26. The third-order valence-electron chi connectivity index (χ3n) is 3.32. The highest BCUT2D eigenvalue weighted by Gasteiger charge is 2.34. The lowest BCUT2D eigenvalue weighted by atomic mass is 10.1. The van der Waals surface area contributed by atoms with Crippen LogP contribution < -0.4 is 4.74 Å². The number of benzene rings is 1. The van der Waals surface area contributed by atoms with E-state index < -0.39 is 12.0 Å².